The Morgan fingerprint density at radius 3 is 2.67 bits per heavy atom. The van der Waals surface area contributed by atoms with Crippen LogP contribution < -0.4 is 10.5 Å². The van der Waals surface area contributed by atoms with Crippen LogP contribution in [0.3, 0.4) is 0 Å². The molecular formula is C12H12N2O. The molecule has 0 saturated heterocycles. The second-order valence-electron chi connectivity index (χ2n) is 3.29. The first-order chi connectivity index (χ1) is 7.24. The number of ether oxygens (including phenoxy) is 1. The van der Waals surface area contributed by atoms with Crippen LogP contribution in [0.2, 0.25) is 0 Å². The van der Waals surface area contributed by atoms with Gasteiger partial charge in [-0.25, -0.2) is 4.98 Å². The minimum atomic E-state index is 0.584. The smallest absolute Gasteiger partial charge is 0.219 e. The second-order valence-corrected chi connectivity index (χ2v) is 3.29. The van der Waals surface area contributed by atoms with Crippen molar-refractivity contribution >= 4 is 5.69 Å². The van der Waals surface area contributed by atoms with Crippen molar-refractivity contribution in [2.75, 3.05) is 5.73 Å². The maximum atomic E-state index is 5.64. The van der Waals surface area contributed by atoms with E-state index in [0.717, 1.165) is 5.69 Å². The first kappa shape index (κ1) is 9.52. The van der Waals surface area contributed by atoms with E-state index in [4.69, 9.17) is 10.5 Å². The van der Waals surface area contributed by atoms with E-state index >= 15 is 0 Å². The topological polar surface area (TPSA) is 48.1 Å². The van der Waals surface area contributed by atoms with Gasteiger partial charge in [-0.05, 0) is 25.1 Å². The van der Waals surface area contributed by atoms with E-state index in [1.165, 1.54) is 0 Å². The van der Waals surface area contributed by atoms with Gasteiger partial charge in [0.2, 0.25) is 5.88 Å². The molecule has 0 aliphatic rings. The molecule has 0 spiro atoms. The summed E-state index contributed by atoms with van der Waals surface area (Å²) >= 11 is 0. The van der Waals surface area contributed by atoms with Crippen LogP contribution in [-0.2, 0) is 0 Å². The number of pyridine rings is 1. The second kappa shape index (κ2) is 4.00. The number of benzene rings is 1. The molecule has 0 aliphatic carbocycles. The molecule has 0 unspecified atom stereocenters. The molecule has 3 heteroatoms. The molecule has 2 rings (SSSR count). The zero-order valence-electron chi connectivity index (χ0n) is 8.47. The van der Waals surface area contributed by atoms with Crippen LogP contribution in [0.5, 0.6) is 11.6 Å². The van der Waals surface area contributed by atoms with E-state index in [0.29, 0.717) is 17.3 Å². The minimum absolute atomic E-state index is 0.584. The molecule has 1 heterocycles. The van der Waals surface area contributed by atoms with Gasteiger partial charge >= 0.3 is 0 Å². The largest absolute Gasteiger partial charge is 0.439 e. The van der Waals surface area contributed by atoms with Crippen LogP contribution in [0.4, 0.5) is 5.69 Å². The number of hydrogen-bond donors (Lipinski definition) is 1. The zero-order valence-corrected chi connectivity index (χ0v) is 8.47. The Balaban J connectivity index is 2.22. The van der Waals surface area contributed by atoms with Gasteiger partial charge in [-0.3, -0.25) is 0 Å². The fourth-order valence-corrected chi connectivity index (χ4v) is 1.27. The van der Waals surface area contributed by atoms with Gasteiger partial charge in [0, 0.05) is 23.5 Å². The molecule has 1 aromatic carbocycles. The molecule has 2 aromatic rings. The molecule has 1 aromatic heterocycles. The van der Waals surface area contributed by atoms with Crippen LogP contribution in [0.25, 0.3) is 0 Å². The van der Waals surface area contributed by atoms with Crippen LogP contribution >= 0.6 is 0 Å². The summed E-state index contributed by atoms with van der Waals surface area (Å²) in [6.45, 7) is 1.92. The predicted molar refractivity (Wildman–Crippen MR) is 59.9 cm³/mol. The summed E-state index contributed by atoms with van der Waals surface area (Å²) in [5.41, 5.74) is 7.25. The minimum Gasteiger partial charge on any atom is -0.439 e. The van der Waals surface area contributed by atoms with Gasteiger partial charge in [-0.1, -0.05) is 12.1 Å². The Kier molecular flexibility index (Phi) is 2.54. The third-order valence-electron chi connectivity index (χ3n) is 1.94. The number of nitrogens with two attached hydrogens (primary N) is 1. The van der Waals surface area contributed by atoms with Crippen LogP contribution in [-0.4, -0.2) is 4.98 Å². The normalized spacial score (nSPS) is 9.93. The first-order valence-electron chi connectivity index (χ1n) is 4.71. The molecule has 2 N–H and O–H groups in total. The van der Waals surface area contributed by atoms with Gasteiger partial charge in [0.05, 0.1) is 0 Å². The summed E-state index contributed by atoms with van der Waals surface area (Å²) in [4.78, 5) is 4.24. The van der Waals surface area contributed by atoms with Gasteiger partial charge in [-0.15, -0.1) is 0 Å². The Hall–Kier alpha value is -2.03. The highest BCUT2D eigenvalue weighted by Gasteiger charge is 1.98. The number of hydrogen-bond acceptors (Lipinski definition) is 3. The van der Waals surface area contributed by atoms with Gasteiger partial charge in [0.1, 0.15) is 5.75 Å². The van der Waals surface area contributed by atoms with E-state index < -0.39 is 0 Å². The summed E-state index contributed by atoms with van der Waals surface area (Å²) in [6.07, 6.45) is 0. The summed E-state index contributed by atoms with van der Waals surface area (Å²) in [6, 6.07) is 12.9. The van der Waals surface area contributed by atoms with E-state index in [2.05, 4.69) is 4.98 Å². The SMILES string of the molecule is Cc1cccc(Oc2cccc(N)c2)n1. The van der Waals surface area contributed by atoms with Crippen LogP contribution in [0, 0.1) is 6.92 Å². The van der Waals surface area contributed by atoms with E-state index in [-0.39, 0.29) is 0 Å². The van der Waals surface area contributed by atoms with Crippen LogP contribution in [0.15, 0.2) is 42.5 Å². The number of rotatable bonds is 2. The first-order valence-corrected chi connectivity index (χ1v) is 4.71. The summed E-state index contributed by atoms with van der Waals surface area (Å²) in [7, 11) is 0. The lowest BCUT2D eigenvalue weighted by atomic mass is 10.3. The van der Waals surface area contributed by atoms with Crippen molar-refractivity contribution in [2.45, 2.75) is 6.92 Å². The summed E-state index contributed by atoms with van der Waals surface area (Å²) < 4.78 is 5.55. The fraction of sp³-hybridized carbons (Fsp3) is 0.0833. The molecule has 0 fully saturated rings. The average Bonchev–Trinajstić information content (AvgIpc) is 2.17. The lowest BCUT2D eigenvalue weighted by Gasteiger charge is -2.05. The lowest BCUT2D eigenvalue weighted by Crippen LogP contribution is -1.90. The van der Waals surface area contributed by atoms with Crippen molar-refractivity contribution in [1.29, 1.82) is 0 Å². The molecular weight excluding hydrogens is 188 g/mol. The summed E-state index contributed by atoms with van der Waals surface area (Å²) in [5.74, 6) is 1.29. The van der Waals surface area contributed by atoms with Gasteiger partial charge in [-0.2, -0.15) is 0 Å². The molecule has 0 atom stereocenters. The molecule has 0 saturated carbocycles. The maximum absolute atomic E-state index is 5.64. The molecule has 0 bridgehead atoms. The van der Waals surface area contributed by atoms with Crippen molar-refractivity contribution in [1.82, 2.24) is 4.98 Å². The third kappa shape index (κ3) is 2.47. The van der Waals surface area contributed by atoms with E-state index in [1.807, 2.05) is 43.3 Å². The molecule has 15 heavy (non-hydrogen) atoms. The Bertz CT molecular complexity index is 425. The lowest BCUT2D eigenvalue weighted by molar-refractivity contribution is 0.462. The molecule has 0 aliphatic heterocycles. The number of anilines is 1. The van der Waals surface area contributed by atoms with Gasteiger partial charge in [0.15, 0.2) is 0 Å². The standard InChI is InChI=1S/C12H12N2O/c1-9-4-2-7-12(14-9)15-11-6-3-5-10(13)8-11/h2-8H,13H2,1H3. The van der Waals surface area contributed by atoms with Gasteiger partial charge in [0.25, 0.3) is 0 Å². The van der Waals surface area contributed by atoms with Crippen molar-refractivity contribution in [3.05, 3.63) is 48.2 Å². The number of nitrogens with zero attached hydrogens (tertiary/aromatic N) is 1. The molecule has 3 nitrogen and oxygen atoms in total. The van der Waals surface area contributed by atoms with Crippen LogP contribution in [0.1, 0.15) is 5.69 Å². The summed E-state index contributed by atoms with van der Waals surface area (Å²) in [5, 5.41) is 0. The van der Waals surface area contributed by atoms with Crippen molar-refractivity contribution in [3.63, 3.8) is 0 Å². The maximum Gasteiger partial charge on any atom is 0.219 e. The van der Waals surface area contributed by atoms with Crippen molar-refractivity contribution < 1.29 is 4.74 Å². The van der Waals surface area contributed by atoms with Gasteiger partial charge < -0.3 is 10.5 Å². The molecule has 0 radical (unpaired) electrons. The monoisotopic (exact) mass is 200 g/mol. The quantitative estimate of drug-likeness (QED) is 0.758. The Morgan fingerprint density at radius 2 is 1.93 bits per heavy atom. The fourth-order valence-electron chi connectivity index (χ4n) is 1.27. The predicted octanol–water partition coefficient (Wildman–Crippen LogP) is 2.76. The Morgan fingerprint density at radius 1 is 1.13 bits per heavy atom. The van der Waals surface area contributed by atoms with E-state index in [9.17, 15) is 0 Å². The highest BCUT2D eigenvalue weighted by atomic mass is 16.5. The zero-order chi connectivity index (χ0) is 10.7. The number of aromatic nitrogens is 1. The number of nitrogen functional groups attached to an aromatic ring is 1. The molecule has 76 valence electrons. The average molecular weight is 200 g/mol. The van der Waals surface area contributed by atoms with E-state index in [1.54, 1.807) is 6.07 Å². The highest BCUT2D eigenvalue weighted by molar-refractivity contribution is 5.44. The Labute approximate surface area is 88.5 Å². The third-order valence-corrected chi connectivity index (χ3v) is 1.94. The van der Waals surface area contributed by atoms with Crippen molar-refractivity contribution in [2.24, 2.45) is 0 Å². The number of aryl methyl sites for hydroxylation is 1. The molecule has 0 amide bonds. The highest BCUT2D eigenvalue weighted by Crippen LogP contribution is 2.21. The van der Waals surface area contributed by atoms with Crippen molar-refractivity contribution in [3.8, 4) is 11.6 Å².